The minimum atomic E-state index is 0.483. The van der Waals surface area contributed by atoms with Crippen molar-refractivity contribution in [3.05, 3.63) is 60.2 Å². The highest BCUT2D eigenvalue weighted by Crippen LogP contribution is 2.34. The third-order valence-electron chi connectivity index (χ3n) is 3.91. The molecule has 2 N–H and O–H groups in total. The molecule has 0 spiro atoms. The maximum absolute atomic E-state index is 5.79. The number of hydrogen-bond donors (Lipinski definition) is 1. The van der Waals surface area contributed by atoms with Gasteiger partial charge in [0.25, 0.3) is 0 Å². The van der Waals surface area contributed by atoms with Crippen molar-refractivity contribution in [1.82, 2.24) is 0 Å². The first-order chi connectivity index (χ1) is 9.34. The van der Waals surface area contributed by atoms with Gasteiger partial charge in [-0.1, -0.05) is 30.3 Å². The van der Waals surface area contributed by atoms with E-state index in [4.69, 9.17) is 5.73 Å². The van der Waals surface area contributed by atoms with E-state index in [-0.39, 0.29) is 0 Å². The molecule has 1 atom stereocenters. The summed E-state index contributed by atoms with van der Waals surface area (Å²) in [6.07, 6.45) is 3.80. The molecule has 98 valence electrons. The first-order valence-corrected chi connectivity index (χ1v) is 7.02. The Hall–Kier alpha value is -1.96. The number of rotatable bonds is 2. The lowest BCUT2D eigenvalue weighted by Crippen LogP contribution is -2.33. The van der Waals surface area contributed by atoms with Crippen LogP contribution in [0.15, 0.2) is 54.6 Å². The zero-order valence-corrected chi connectivity index (χ0v) is 11.1. The van der Waals surface area contributed by atoms with Crippen molar-refractivity contribution >= 4 is 11.4 Å². The zero-order valence-electron chi connectivity index (χ0n) is 11.1. The van der Waals surface area contributed by atoms with E-state index in [2.05, 4.69) is 47.4 Å². The number of nitrogens with zero attached hydrogens (tertiary/aromatic N) is 1. The molecule has 3 rings (SSSR count). The van der Waals surface area contributed by atoms with E-state index in [1.165, 1.54) is 30.5 Å². The lowest BCUT2D eigenvalue weighted by atomic mass is 9.94. The number of benzene rings is 2. The normalized spacial score (nSPS) is 19.4. The van der Waals surface area contributed by atoms with Gasteiger partial charge >= 0.3 is 0 Å². The molecule has 1 aliphatic heterocycles. The standard InChI is InChI=1S/C17H20N2/c18-15-11-9-14(10-12-15)17-8-4-5-13-19(17)16-6-2-1-3-7-16/h1-3,6-7,9-12,17H,4-5,8,13,18H2. The molecule has 19 heavy (non-hydrogen) atoms. The Bertz CT molecular complexity index is 519. The number of hydrogen-bond acceptors (Lipinski definition) is 2. The number of nitrogens with two attached hydrogens (primary N) is 1. The monoisotopic (exact) mass is 252 g/mol. The molecule has 1 fully saturated rings. The Labute approximate surface area is 114 Å². The van der Waals surface area contributed by atoms with Gasteiger partial charge in [-0.2, -0.15) is 0 Å². The molecule has 0 amide bonds. The highest BCUT2D eigenvalue weighted by molar-refractivity contribution is 5.50. The summed E-state index contributed by atoms with van der Waals surface area (Å²) < 4.78 is 0. The van der Waals surface area contributed by atoms with Crippen molar-refractivity contribution in [3.8, 4) is 0 Å². The first-order valence-electron chi connectivity index (χ1n) is 7.02. The molecule has 2 aromatic carbocycles. The summed E-state index contributed by atoms with van der Waals surface area (Å²) in [6, 6.07) is 19.5. The smallest absolute Gasteiger partial charge is 0.0542 e. The second-order valence-corrected chi connectivity index (χ2v) is 5.21. The van der Waals surface area contributed by atoms with E-state index in [1.54, 1.807) is 0 Å². The molecule has 0 saturated carbocycles. The molecule has 0 aromatic heterocycles. The summed E-state index contributed by atoms with van der Waals surface area (Å²) >= 11 is 0. The quantitative estimate of drug-likeness (QED) is 0.818. The van der Waals surface area contributed by atoms with Gasteiger partial charge < -0.3 is 10.6 Å². The number of piperidine rings is 1. The molecule has 1 unspecified atom stereocenters. The van der Waals surface area contributed by atoms with Gasteiger partial charge in [-0.15, -0.1) is 0 Å². The molecule has 1 heterocycles. The van der Waals surface area contributed by atoms with Crippen LogP contribution in [0.25, 0.3) is 0 Å². The Balaban J connectivity index is 1.91. The first kappa shape index (κ1) is 12.1. The van der Waals surface area contributed by atoms with Gasteiger partial charge in [-0.25, -0.2) is 0 Å². The molecule has 0 aliphatic carbocycles. The number of nitrogen functional groups attached to an aromatic ring is 1. The van der Waals surface area contributed by atoms with Crippen molar-refractivity contribution in [2.75, 3.05) is 17.2 Å². The van der Waals surface area contributed by atoms with E-state index in [0.29, 0.717) is 6.04 Å². The molecule has 2 aromatic rings. The second-order valence-electron chi connectivity index (χ2n) is 5.21. The van der Waals surface area contributed by atoms with Crippen LogP contribution in [0.1, 0.15) is 30.9 Å². The van der Waals surface area contributed by atoms with E-state index in [9.17, 15) is 0 Å². The van der Waals surface area contributed by atoms with Gasteiger partial charge in [0, 0.05) is 17.9 Å². The van der Waals surface area contributed by atoms with Gasteiger partial charge in [0.15, 0.2) is 0 Å². The minimum Gasteiger partial charge on any atom is -0.399 e. The van der Waals surface area contributed by atoms with Crippen molar-refractivity contribution in [1.29, 1.82) is 0 Å². The second kappa shape index (κ2) is 5.35. The van der Waals surface area contributed by atoms with Crippen LogP contribution in [0.5, 0.6) is 0 Å². The third kappa shape index (κ3) is 2.58. The lowest BCUT2D eigenvalue weighted by Gasteiger charge is -2.38. The highest BCUT2D eigenvalue weighted by atomic mass is 15.2. The number of anilines is 2. The lowest BCUT2D eigenvalue weighted by molar-refractivity contribution is 0.473. The third-order valence-corrected chi connectivity index (χ3v) is 3.91. The van der Waals surface area contributed by atoms with Gasteiger partial charge in [0.2, 0.25) is 0 Å². The van der Waals surface area contributed by atoms with Crippen molar-refractivity contribution in [2.45, 2.75) is 25.3 Å². The maximum Gasteiger partial charge on any atom is 0.0542 e. The summed E-state index contributed by atoms with van der Waals surface area (Å²) in [5.41, 5.74) is 9.32. The van der Waals surface area contributed by atoms with Gasteiger partial charge in [0.05, 0.1) is 6.04 Å². The maximum atomic E-state index is 5.79. The fourth-order valence-corrected chi connectivity index (χ4v) is 2.92. The Kier molecular flexibility index (Phi) is 3.41. The van der Waals surface area contributed by atoms with Crippen LogP contribution in [-0.4, -0.2) is 6.54 Å². The molecule has 0 bridgehead atoms. The average molecular weight is 252 g/mol. The average Bonchev–Trinajstić information content (AvgIpc) is 2.49. The van der Waals surface area contributed by atoms with Crippen LogP contribution in [0.4, 0.5) is 11.4 Å². The van der Waals surface area contributed by atoms with Crippen molar-refractivity contribution in [2.24, 2.45) is 0 Å². The Morgan fingerprint density at radius 3 is 2.37 bits per heavy atom. The summed E-state index contributed by atoms with van der Waals surface area (Å²) in [7, 11) is 0. The molecule has 1 saturated heterocycles. The van der Waals surface area contributed by atoms with Crippen LogP contribution in [0, 0.1) is 0 Å². The zero-order chi connectivity index (χ0) is 13.1. The molecule has 2 nitrogen and oxygen atoms in total. The largest absolute Gasteiger partial charge is 0.399 e. The molecular weight excluding hydrogens is 232 g/mol. The van der Waals surface area contributed by atoms with Gasteiger partial charge in [0.1, 0.15) is 0 Å². The Morgan fingerprint density at radius 2 is 1.63 bits per heavy atom. The van der Waals surface area contributed by atoms with Crippen LogP contribution >= 0.6 is 0 Å². The predicted octanol–water partition coefficient (Wildman–Crippen LogP) is 4.00. The minimum absolute atomic E-state index is 0.483. The predicted molar refractivity (Wildman–Crippen MR) is 81.2 cm³/mol. The van der Waals surface area contributed by atoms with Crippen LogP contribution in [0.2, 0.25) is 0 Å². The van der Waals surface area contributed by atoms with Crippen LogP contribution < -0.4 is 10.6 Å². The SMILES string of the molecule is Nc1ccc(C2CCCCN2c2ccccc2)cc1. The van der Waals surface area contributed by atoms with E-state index >= 15 is 0 Å². The van der Waals surface area contributed by atoms with E-state index in [1.807, 2.05) is 12.1 Å². The molecule has 0 radical (unpaired) electrons. The summed E-state index contributed by atoms with van der Waals surface area (Å²) in [4.78, 5) is 2.52. The van der Waals surface area contributed by atoms with E-state index in [0.717, 1.165) is 12.2 Å². The summed E-state index contributed by atoms with van der Waals surface area (Å²) in [5, 5.41) is 0. The fraction of sp³-hybridized carbons (Fsp3) is 0.294. The highest BCUT2D eigenvalue weighted by Gasteiger charge is 2.23. The molecule has 1 aliphatic rings. The summed E-state index contributed by atoms with van der Waals surface area (Å²) in [6.45, 7) is 1.14. The Morgan fingerprint density at radius 1 is 0.895 bits per heavy atom. The fourth-order valence-electron chi connectivity index (χ4n) is 2.92. The number of para-hydroxylation sites is 1. The van der Waals surface area contributed by atoms with Crippen LogP contribution in [-0.2, 0) is 0 Å². The van der Waals surface area contributed by atoms with Gasteiger partial charge in [-0.3, -0.25) is 0 Å². The topological polar surface area (TPSA) is 29.3 Å². The van der Waals surface area contributed by atoms with Crippen molar-refractivity contribution in [3.63, 3.8) is 0 Å². The summed E-state index contributed by atoms with van der Waals surface area (Å²) in [5.74, 6) is 0. The van der Waals surface area contributed by atoms with Crippen molar-refractivity contribution < 1.29 is 0 Å². The molecule has 2 heteroatoms. The van der Waals surface area contributed by atoms with E-state index < -0.39 is 0 Å². The van der Waals surface area contributed by atoms with Gasteiger partial charge in [-0.05, 0) is 49.1 Å². The molecular formula is C17H20N2. The van der Waals surface area contributed by atoms with Crippen LogP contribution in [0.3, 0.4) is 0 Å².